The minimum atomic E-state index is -3.42. The van der Waals surface area contributed by atoms with E-state index in [1.807, 2.05) is 36.1 Å². The normalized spacial score (nSPS) is 16.9. The van der Waals surface area contributed by atoms with Gasteiger partial charge in [0, 0.05) is 24.1 Å². The Hall–Kier alpha value is -2.76. The average molecular weight is 492 g/mol. The van der Waals surface area contributed by atoms with Gasteiger partial charge in [0.25, 0.3) is 15.9 Å². The number of hydrogen-bond acceptors (Lipinski definition) is 8. The van der Waals surface area contributed by atoms with Crippen LogP contribution in [0.3, 0.4) is 0 Å². The van der Waals surface area contributed by atoms with Crippen molar-refractivity contribution in [1.82, 2.24) is 5.32 Å². The molecule has 33 heavy (non-hydrogen) atoms. The van der Waals surface area contributed by atoms with Gasteiger partial charge in [-0.15, -0.1) is 4.40 Å². The highest BCUT2D eigenvalue weighted by Gasteiger charge is 2.33. The standard InChI is InChI=1S/C22H25N3O6S2/c1-14(15-5-7-18(19(12-15)30-3)31-10-9-29-2)23-21(26)16-4-6-17-20(13-16)32-22-24-33(27,28)11-8-25(17)22/h4-7,12-14H,8-11H2,1-3H3,(H,23,26). The molecule has 0 aliphatic carbocycles. The average Bonchev–Trinajstić information content (AvgIpc) is 3.14. The molecule has 2 aromatic carbocycles. The van der Waals surface area contributed by atoms with Gasteiger partial charge >= 0.3 is 0 Å². The van der Waals surface area contributed by atoms with E-state index < -0.39 is 10.0 Å². The zero-order valence-electron chi connectivity index (χ0n) is 18.5. The molecule has 176 valence electrons. The van der Waals surface area contributed by atoms with Crippen LogP contribution in [-0.4, -0.2) is 59.2 Å². The lowest BCUT2D eigenvalue weighted by Gasteiger charge is -2.22. The van der Waals surface area contributed by atoms with Crippen molar-refractivity contribution in [3.8, 4) is 11.5 Å². The zero-order chi connectivity index (χ0) is 23.6. The maximum absolute atomic E-state index is 12.9. The van der Waals surface area contributed by atoms with Crippen LogP contribution < -0.4 is 19.7 Å². The second-order valence-corrected chi connectivity index (χ2v) is 10.3. The molecule has 1 N–H and O–H groups in total. The number of carbonyl (C=O) groups is 1. The third-order valence-electron chi connectivity index (χ3n) is 5.32. The molecule has 0 aromatic heterocycles. The van der Waals surface area contributed by atoms with Crippen LogP contribution >= 0.6 is 11.8 Å². The Morgan fingerprint density at radius 1 is 1.18 bits per heavy atom. The van der Waals surface area contributed by atoms with E-state index in [4.69, 9.17) is 14.2 Å². The molecular weight excluding hydrogens is 466 g/mol. The fraction of sp³-hybridized carbons (Fsp3) is 0.364. The molecule has 11 heteroatoms. The smallest absolute Gasteiger partial charge is 0.257 e. The van der Waals surface area contributed by atoms with Crippen molar-refractivity contribution in [2.45, 2.75) is 17.9 Å². The van der Waals surface area contributed by atoms with Gasteiger partial charge in [-0.1, -0.05) is 6.07 Å². The van der Waals surface area contributed by atoms with E-state index in [1.165, 1.54) is 11.8 Å². The second kappa shape index (κ2) is 9.62. The van der Waals surface area contributed by atoms with E-state index >= 15 is 0 Å². The Labute approximate surface area is 197 Å². The predicted octanol–water partition coefficient (Wildman–Crippen LogP) is 2.82. The summed E-state index contributed by atoms with van der Waals surface area (Å²) in [4.78, 5) is 15.6. The molecular formula is C22H25N3O6S2. The first-order valence-electron chi connectivity index (χ1n) is 10.3. The summed E-state index contributed by atoms with van der Waals surface area (Å²) in [5.74, 6) is 0.931. The summed E-state index contributed by atoms with van der Waals surface area (Å²) in [6, 6.07) is 10.6. The fourth-order valence-electron chi connectivity index (χ4n) is 3.54. The molecule has 2 aliphatic heterocycles. The second-order valence-electron chi connectivity index (χ2n) is 7.54. The molecule has 2 aromatic rings. The number of sulfonamides is 1. The van der Waals surface area contributed by atoms with Gasteiger partial charge in [0.15, 0.2) is 16.7 Å². The maximum atomic E-state index is 12.9. The Bertz CT molecular complexity index is 1200. The van der Waals surface area contributed by atoms with E-state index in [0.717, 1.165) is 16.1 Å². The van der Waals surface area contributed by atoms with Crippen molar-refractivity contribution >= 4 is 38.5 Å². The van der Waals surface area contributed by atoms with Gasteiger partial charge in [0.05, 0.1) is 31.2 Å². The molecule has 0 saturated carbocycles. The first kappa shape index (κ1) is 23.4. The number of amides is 1. The summed E-state index contributed by atoms with van der Waals surface area (Å²) in [6.07, 6.45) is 0. The summed E-state index contributed by atoms with van der Waals surface area (Å²) in [6.45, 7) is 3.12. The molecule has 0 radical (unpaired) electrons. The van der Waals surface area contributed by atoms with Gasteiger partial charge < -0.3 is 24.4 Å². The number of methoxy groups -OCH3 is 2. The molecule has 1 atom stereocenters. The summed E-state index contributed by atoms with van der Waals surface area (Å²) in [7, 11) is -0.248. The Morgan fingerprint density at radius 2 is 2.00 bits per heavy atom. The van der Waals surface area contributed by atoms with E-state index in [0.29, 0.717) is 42.0 Å². The van der Waals surface area contributed by atoms with Crippen LogP contribution in [0.25, 0.3) is 0 Å². The van der Waals surface area contributed by atoms with E-state index in [1.54, 1.807) is 26.4 Å². The number of anilines is 1. The molecule has 1 unspecified atom stereocenters. The molecule has 2 aliphatic rings. The highest BCUT2D eigenvalue weighted by atomic mass is 32.2. The lowest BCUT2D eigenvalue weighted by atomic mass is 10.1. The van der Waals surface area contributed by atoms with Crippen LogP contribution in [0.1, 0.15) is 28.9 Å². The van der Waals surface area contributed by atoms with Crippen molar-refractivity contribution in [3.05, 3.63) is 47.5 Å². The predicted molar refractivity (Wildman–Crippen MR) is 127 cm³/mol. The van der Waals surface area contributed by atoms with E-state index in [2.05, 4.69) is 9.71 Å². The van der Waals surface area contributed by atoms with Crippen molar-refractivity contribution in [3.63, 3.8) is 0 Å². The number of benzene rings is 2. The van der Waals surface area contributed by atoms with E-state index in [9.17, 15) is 13.2 Å². The third-order valence-corrected chi connectivity index (χ3v) is 7.62. The van der Waals surface area contributed by atoms with Crippen molar-refractivity contribution < 1.29 is 27.4 Å². The number of nitrogens with one attached hydrogen (secondary N) is 1. The lowest BCUT2D eigenvalue weighted by Crippen LogP contribution is -2.35. The molecule has 0 fully saturated rings. The molecule has 9 nitrogen and oxygen atoms in total. The first-order chi connectivity index (χ1) is 15.8. The zero-order valence-corrected chi connectivity index (χ0v) is 20.2. The summed E-state index contributed by atoms with van der Waals surface area (Å²) < 4.78 is 43.5. The van der Waals surface area contributed by atoms with Gasteiger partial charge in [0.2, 0.25) is 0 Å². The lowest BCUT2D eigenvalue weighted by molar-refractivity contribution is 0.0939. The Balaban J connectivity index is 1.46. The van der Waals surface area contributed by atoms with Gasteiger partial charge in [-0.25, -0.2) is 8.42 Å². The summed E-state index contributed by atoms with van der Waals surface area (Å²) >= 11 is 1.26. The van der Waals surface area contributed by atoms with Crippen LogP contribution in [0.4, 0.5) is 5.69 Å². The largest absolute Gasteiger partial charge is 0.493 e. The SMILES string of the molecule is COCCOc1ccc(C(C)NC(=O)c2ccc3c(c2)SC2=NS(=O)(=O)CCN23)cc1OC. The van der Waals surface area contributed by atoms with Crippen LogP contribution in [0.15, 0.2) is 45.7 Å². The number of nitrogens with zero attached hydrogens (tertiary/aromatic N) is 2. The topological polar surface area (TPSA) is 107 Å². The first-order valence-corrected chi connectivity index (χ1v) is 12.8. The Kier molecular flexibility index (Phi) is 6.82. The van der Waals surface area contributed by atoms with Crippen LogP contribution in [0, 0.1) is 0 Å². The van der Waals surface area contributed by atoms with Crippen LogP contribution in [-0.2, 0) is 14.8 Å². The number of carbonyl (C=O) groups excluding carboxylic acids is 1. The summed E-state index contributed by atoms with van der Waals surface area (Å²) in [5.41, 5.74) is 2.22. The molecule has 0 bridgehead atoms. The van der Waals surface area contributed by atoms with Gasteiger partial charge in [0.1, 0.15) is 6.61 Å². The fourth-order valence-corrected chi connectivity index (χ4v) is 5.84. The number of ether oxygens (including phenoxy) is 3. The molecule has 0 saturated heterocycles. The molecule has 4 rings (SSSR count). The number of hydrogen-bond donors (Lipinski definition) is 1. The van der Waals surface area contributed by atoms with Gasteiger partial charge in [-0.05, 0) is 54.6 Å². The third kappa shape index (κ3) is 5.10. The molecule has 1 amide bonds. The summed E-state index contributed by atoms with van der Waals surface area (Å²) in [5, 5.41) is 3.43. The van der Waals surface area contributed by atoms with Crippen molar-refractivity contribution in [2.75, 3.05) is 44.6 Å². The van der Waals surface area contributed by atoms with Crippen LogP contribution in [0.2, 0.25) is 0 Å². The van der Waals surface area contributed by atoms with Gasteiger partial charge in [-0.2, -0.15) is 0 Å². The number of amidine groups is 1. The monoisotopic (exact) mass is 491 g/mol. The van der Waals surface area contributed by atoms with Crippen molar-refractivity contribution in [2.24, 2.45) is 4.40 Å². The van der Waals surface area contributed by atoms with Gasteiger partial charge in [-0.3, -0.25) is 4.79 Å². The minimum Gasteiger partial charge on any atom is -0.493 e. The highest BCUT2D eigenvalue weighted by Crippen LogP contribution is 2.42. The number of fused-ring (bicyclic) bond motifs is 3. The maximum Gasteiger partial charge on any atom is 0.257 e. The highest BCUT2D eigenvalue weighted by molar-refractivity contribution is 8.15. The minimum absolute atomic E-state index is 0.0179. The quantitative estimate of drug-likeness (QED) is 0.562. The molecule has 2 heterocycles. The number of thioether (sulfide) groups is 1. The number of rotatable bonds is 8. The molecule has 0 spiro atoms. The Morgan fingerprint density at radius 3 is 2.76 bits per heavy atom. The van der Waals surface area contributed by atoms with E-state index in [-0.39, 0.29) is 17.7 Å². The van der Waals surface area contributed by atoms with Crippen LogP contribution in [0.5, 0.6) is 11.5 Å². The van der Waals surface area contributed by atoms with Crippen molar-refractivity contribution in [1.29, 1.82) is 0 Å².